The third kappa shape index (κ3) is 6.18. The van der Waals surface area contributed by atoms with Crippen LogP contribution in [-0.2, 0) is 0 Å². The number of aromatic nitrogens is 1. The number of nitrogens with one attached hydrogen (secondary N) is 1. The van der Waals surface area contributed by atoms with Crippen molar-refractivity contribution in [3.8, 4) is 0 Å². The average molecular weight is 254 g/mol. The van der Waals surface area contributed by atoms with Gasteiger partial charge in [-0.1, -0.05) is 39.0 Å². The maximum absolute atomic E-state index is 4.51. The van der Waals surface area contributed by atoms with Crippen LogP contribution < -0.4 is 5.32 Å². The molecule has 3 heteroatoms. The van der Waals surface area contributed by atoms with Gasteiger partial charge in [-0.2, -0.15) is 0 Å². The molecule has 0 bridgehead atoms. The van der Waals surface area contributed by atoms with Gasteiger partial charge in [0.1, 0.15) is 0 Å². The van der Waals surface area contributed by atoms with Crippen molar-refractivity contribution >= 4 is 11.3 Å². The van der Waals surface area contributed by atoms with E-state index in [0.29, 0.717) is 6.04 Å². The van der Waals surface area contributed by atoms with Crippen LogP contribution in [0, 0.1) is 6.92 Å². The van der Waals surface area contributed by atoms with E-state index in [1.807, 2.05) is 0 Å². The summed E-state index contributed by atoms with van der Waals surface area (Å²) >= 11 is 1.73. The van der Waals surface area contributed by atoms with Crippen LogP contribution in [-0.4, -0.2) is 11.5 Å². The largest absolute Gasteiger partial charge is 0.309 e. The Hall–Kier alpha value is -0.410. The normalized spacial score (nSPS) is 12.9. The molecular formula is C14H26N2S. The maximum Gasteiger partial charge on any atom is 0.0898 e. The predicted molar refractivity (Wildman–Crippen MR) is 76.6 cm³/mol. The van der Waals surface area contributed by atoms with Gasteiger partial charge in [-0.25, -0.2) is 4.98 Å². The van der Waals surface area contributed by atoms with Gasteiger partial charge in [0.15, 0.2) is 0 Å². The summed E-state index contributed by atoms with van der Waals surface area (Å²) in [6, 6.07) is 0.399. The number of hydrogen-bond donors (Lipinski definition) is 1. The first-order valence-corrected chi connectivity index (χ1v) is 7.77. The molecule has 1 unspecified atom stereocenters. The Labute approximate surface area is 110 Å². The van der Waals surface area contributed by atoms with E-state index < -0.39 is 0 Å². The number of hydrogen-bond acceptors (Lipinski definition) is 3. The number of aryl methyl sites for hydroxylation is 1. The van der Waals surface area contributed by atoms with Gasteiger partial charge in [-0.3, -0.25) is 0 Å². The van der Waals surface area contributed by atoms with Gasteiger partial charge in [0.05, 0.1) is 10.7 Å². The molecule has 0 spiro atoms. The first-order valence-electron chi connectivity index (χ1n) is 6.89. The van der Waals surface area contributed by atoms with Crippen molar-refractivity contribution in [3.05, 3.63) is 16.1 Å². The lowest BCUT2D eigenvalue weighted by Gasteiger charge is -2.11. The monoisotopic (exact) mass is 254 g/mol. The Kier molecular flexibility index (Phi) is 7.45. The molecule has 0 fully saturated rings. The van der Waals surface area contributed by atoms with E-state index in [1.54, 1.807) is 11.3 Å². The van der Waals surface area contributed by atoms with Crippen LogP contribution in [0.15, 0.2) is 5.38 Å². The molecule has 1 aromatic rings. The van der Waals surface area contributed by atoms with Gasteiger partial charge in [-0.15, -0.1) is 11.3 Å². The summed E-state index contributed by atoms with van der Waals surface area (Å²) in [5.74, 6) is 0. The number of rotatable bonds is 9. The smallest absolute Gasteiger partial charge is 0.0898 e. The molecule has 17 heavy (non-hydrogen) atoms. The SMILES string of the molecule is CCCCCCCCNC(C)c1csc(C)n1. The van der Waals surface area contributed by atoms with Crippen LogP contribution in [0.2, 0.25) is 0 Å². The Balaban J connectivity index is 2.03. The molecule has 0 aliphatic carbocycles. The zero-order chi connectivity index (χ0) is 12.5. The standard InChI is InChI=1S/C14H26N2S/c1-4-5-6-7-8-9-10-15-12(2)14-11-17-13(3)16-14/h11-12,15H,4-10H2,1-3H3. The van der Waals surface area contributed by atoms with Gasteiger partial charge in [0.2, 0.25) is 0 Å². The highest BCUT2D eigenvalue weighted by atomic mass is 32.1. The lowest BCUT2D eigenvalue weighted by atomic mass is 10.1. The molecule has 0 aliphatic rings. The number of thiazole rings is 1. The predicted octanol–water partition coefficient (Wildman–Crippen LogP) is 4.46. The quantitative estimate of drug-likeness (QED) is 0.658. The topological polar surface area (TPSA) is 24.9 Å². The molecule has 1 aromatic heterocycles. The van der Waals surface area contributed by atoms with Gasteiger partial charge in [-0.05, 0) is 26.8 Å². The van der Waals surface area contributed by atoms with Crippen molar-refractivity contribution in [2.75, 3.05) is 6.54 Å². The van der Waals surface area contributed by atoms with E-state index in [0.717, 1.165) is 11.6 Å². The van der Waals surface area contributed by atoms with Crippen molar-refractivity contribution in [1.82, 2.24) is 10.3 Å². The van der Waals surface area contributed by atoms with E-state index >= 15 is 0 Å². The number of nitrogens with zero attached hydrogens (tertiary/aromatic N) is 1. The van der Waals surface area contributed by atoms with E-state index in [4.69, 9.17) is 0 Å². The molecule has 0 amide bonds. The Morgan fingerprint density at radius 2 is 1.94 bits per heavy atom. The summed E-state index contributed by atoms with van der Waals surface area (Å²) < 4.78 is 0. The summed E-state index contributed by atoms with van der Waals surface area (Å²) in [6.45, 7) is 7.64. The maximum atomic E-state index is 4.51. The summed E-state index contributed by atoms with van der Waals surface area (Å²) in [7, 11) is 0. The molecule has 1 heterocycles. The highest BCUT2D eigenvalue weighted by Crippen LogP contribution is 2.15. The van der Waals surface area contributed by atoms with E-state index in [9.17, 15) is 0 Å². The summed E-state index contributed by atoms with van der Waals surface area (Å²) in [5, 5.41) is 6.87. The van der Waals surface area contributed by atoms with Crippen LogP contribution in [0.3, 0.4) is 0 Å². The molecule has 0 aromatic carbocycles. The Morgan fingerprint density at radius 1 is 1.24 bits per heavy atom. The third-order valence-corrected chi connectivity index (χ3v) is 3.85. The lowest BCUT2D eigenvalue weighted by molar-refractivity contribution is 0.521. The van der Waals surface area contributed by atoms with Crippen molar-refractivity contribution < 1.29 is 0 Å². The molecule has 98 valence electrons. The zero-order valence-corrected chi connectivity index (χ0v) is 12.3. The molecule has 1 N–H and O–H groups in total. The molecule has 0 saturated heterocycles. The van der Waals surface area contributed by atoms with Crippen molar-refractivity contribution in [1.29, 1.82) is 0 Å². The summed E-state index contributed by atoms with van der Waals surface area (Å²) in [5.41, 5.74) is 1.19. The van der Waals surface area contributed by atoms with Gasteiger partial charge >= 0.3 is 0 Å². The van der Waals surface area contributed by atoms with Crippen LogP contribution in [0.4, 0.5) is 0 Å². The Morgan fingerprint density at radius 3 is 2.59 bits per heavy atom. The number of unbranched alkanes of at least 4 members (excludes halogenated alkanes) is 5. The van der Waals surface area contributed by atoms with Crippen molar-refractivity contribution in [2.24, 2.45) is 0 Å². The first kappa shape index (κ1) is 14.7. The zero-order valence-electron chi connectivity index (χ0n) is 11.5. The molecule has 1 atom stereocenters. The van der Waals surface area contributed by atoms with E-state index in [2.05, 4.69) is 36.5 Å². The minimum Gasteiger partial charge on any atom is -0.309 e. The lowest BCUT2D eigenvalue weighted by Crippen LogP contribution is -2.20. The average Bonchev–Trinajstić information content (AvgIpc) is 2.74. The highest BCUT2D eigenvalue weighted by Gasteiger charge is 2.07. The summed E-state index contributed by atoms with van der Waals surface area (Å²) in [6.07, 6.45) is 8.16. The Bertz CT molecular complexity index is 296. The first-order chi connectivity index (χ1) is 8.24. The molecule has 0 aliphatic heterocycles. The fourth-order valence-electron chi connectivity index (χ4n) is 1.91. The molecule has 0 saturated carbocycles. The second kappa shape index (κ2) is 8.65. The summed E-state index contributed by atoms with van der Waals surface area (Å²) in [4.78, 5) is 4.51. The molecule has 0 radical (unpaired) electrons. The van der Waals surface area contributed by atoms with Crippen LogP contribution >= 0.6 is 11.3 Å². The second-order valence-electron chi connectivity index (χ2n) is 4.73. The fraction of sp³-hybridized carbons (Fsp3) is 0.786. The van der Waals surface area contributed by atoms with Gasteiger partial charge in [0.25, 0.3) is 0 Å². The van der Waals surface area contributed by atoms with Crippen molar-refractivity contribution in [2.45, 2.75) is 65.3 Å². The van der Waals surface area contributed by atoms with E-state index in [-0.39, 0.29) is 0 Å². The molecule has 2 nitrogen and oxygen atoms in total. The highest BCUT2D eigenvalue weighted by molar-refractivity contribution is 7.09. The van der Waals surface area contributed by atoms with Crippen LogP contribution in [0.5, 0.6) is 0 Å². The molecular weight excluding hydrogens is 228 g/mol. The van der Waals surface area contributed by atoms with Gasteiger partial charge in [0, 0.05) is 11.4 Å². The minimum absolute atomic E-state index is 0.399. The van der Waals surface area contributed by atoms with Gasteiger partial charge < -0.3 is 5.32 Å². The molecule has 1 rings (SSSR count). The van der Waals surface area contributed by atoms with Crippen LogP contribution in [0.25, 0.3) is 0 Å². The van der Waals surface area contributed by atoms with E-state index in [1.165, 1.54) is 44.2 Å². The fourth-order valence-corrected chi connectivity index (χ4v) is 2.61. The van der Waals surface area contributed by atoms with Crippen molar-refractivity contribution in [3.63, 3.8) is 0 Å². The van der Waals surface area contributed by atoms with Crippen LogP contribution in [0.1, 0.15) is 69.1 Å². The minimum atomic E-state index is 0.399. The third-order valence-electron chi connectivity index (χ3n) is 3.06. The second-order valence-corrected chi connectivity index (χ2v) is 5.80.